The number of aromatic nitrogens is 1. The highest BCUT2D eigenvalue weighted by Gasteiger charge is 2.20. The highest BCUT2D eigenvalue weighted by atomic mass is 32.1. The van der Waals surface area contributed by atoms with Crippen LogP contribution in [-0.4, -0.2) is 35.6 Å². The Morgan fingerprint density at radius 2 is 2.35 bits per heavy atom. The van der Waals surface area contributed by atoms with Gasteiger partial charge in [-0.15, -0.1) is 11.3 Å². The molecule has 1 saturated carbocycles. The molecule has 1 N–H and O–H groups in total. The summed E-state index contributed by atoms with van der Waals surface area (Å²) in [5.74, 6) is 0. The van der Waals surface area contributed by atoms with E-state index in [9.17, 15) is 0 Å². The molecule has 17 heavy (non-hydrogen) atoms. The van der Waals surface area contributed by atoms with E-state index in [0.29, 0.717) is 6.04 Å². The largest absolute Gasteiger partial charge is 0.314 e. The molecule has 4 heteroatoms. The topological polar surface area (TPSA) is 28.2 Å². The molecular formula is C13H23N3S. The van der Waals surface area contributed by atoms with E-state index < -0.39 is 0 Å². The maximum absolute atomic E-state index is 4.30. The molecule has 1 aromatic heterocycles. The van der Waals surface area contributed by atoms with Gasteiger partial charge in [-0.25, -0.2) is 4.98 Å². The van der Waals surface area contributed by atoms with E-state index in [0.717, 1.165) is 19.1 Å². The maximum atomic E-state index is 4.30. The van der Waals surface area contributed by atoms with Gasteiger partial charge < -0.3 is 5.32 Å². The lowest BCUT2D eigenvalue weighted by Gasteiger charge is -2.24. The predicted molar refractivity (Wildman–Crippen MR) is 73.4 cm³/mol. The second-order valence-electron chi connectivity index (χ2n) is 5.14. The fraction of sp³-hybridized carbons (Fsp3) is 0.769. The third-order valence-electron chi connectivity index (χ3n) is 3.56. The summed E-state index contributed by atoms with van der Waals surface area (Å²) >= 11 is 1.77. The summed E-state index contributed by atoms with van der Waals surface area (Å²) in [6.07, 6.45) is 3.99. The summed E-state index contributed by atoms with van der Waals surface area (Å²) in [5.41, 5.74) is 3.13. The Kier molecular flexibility index (Phi) is 4.54. The molecule has 0 aromatic carbocycles. The van der Waals surface area contributed by atoms with Crippen LogP contribution in [0, 0.1) is 6.92 Å². The number of hydrogen-bond acceptors (Lipinski definition) is 4. The van der Waals surface area contributed by atoms with Crippen molar-refractivity contribution in [2.45, 2.75) is 51.7 Å². The summed E-state index contributed by atoms with van der Waals surface area (Å²) < 4.78 is 0. The lowest BCUT2D eigenvalue weighted by Crippen LogP contribution is -2.32. The quantitative estimate of drug-likeness (QED) is 0.809. The Balaban J connectivity index is 1.70. The Morgan fingerprint density at radius 1 is 1.59 bits per heavy atom. The maximum Gasteiger partial charge on any atom is 0.0798 e. The Hall–Kier alpha value is -0.450. The summed E-state index contributed by atoms with van der Waals surface area (Å²) in [7, 11) is 2.21. The lowest BCUT2D eigenvalue weighted by molar-refractivity contribution is 0.238. The first-order chi connectivity index (χ1) is 8.16. The Morgan fingerprint density at radius 3 is 2.94 bits per heavy atom. The Bertz CT molecular complexity index is 346. The van der Waals surface area contributed by atoms with Gasteiger partial charge in [-0.2, -0.15) is 0 Å². The first kappa shape index (κ1) is 13.0. The smallest absolute Gasteiger partial charge is 0.0798 e. The van der Waals surface area contributed by atoms with Crippen LogP contribution in [0.25, 0.3) is 0 Å². The number of hydrogen-bond donors (Lipinski definition) is 1. The van der Waals surface area contributed by atoms with Crippen molar-refractivity contribution < 1.29 is 0 Å². The van der Waals surface area contributed by atoms with E-state index >= 15 is 0 Å². The highest BCUT2D eigenvalue weighted by molar-refractivity contribution is 7.09. The molecule has 3 nitrogen and oxygen atoms in total. The van der Waals surface area contributed by atoms with Crippen LogP contribution in [0.1, 0.15) is 36.8 Å². The Labute approximate surface area is 108 Å². The van der Waals surface area contributed by atoms with E-state index in [1.165, 1.54) is 29.8 Å². The molecule has 1 atom stereocenters. The SMILES string of the molecule is Cc1ncsc1CN(C)C(C)CCNC1CC1. The average molecular weight is 253 g/mol. The predicted octanol–water partition coefficient (Wildman–Crippen LogP) is 2.41. The van der Waals surface area contributed by atoms with Crippen LogP contribution in [0.4, 0.5) is 0 Å². The lowest BCUT2D eigenvalue weighted by atomic mass is 10.2. The van der Waals surface area contributed by atoms with Gasteiger partial charge in [0.2, 0.25) is 0 Å². The van der Waals surface area contributed by atoms with Crippen LogP contribution in [0.5, 0.6) is 0 Å². The monoisotopic (exact) mass is 253 g/mol. The van der Waals surface area contributed by atoms with E-state index in [1.807, 2.05) is 5.51 Å². The van der Waals surface area contributed by atoms with E-state index in [4.69, 9.17) is 0 Å². The van der Waals surface area contributed by atoms with Gasteiger partial charge in [0.25, 0.3) is 0 Å². The molecule has 2 rings (SSSR count). The van der Waals surface area contributed by atoms with E-state index in [1.54, 1.807) is 11.3 Å². The minimum absolute atomic E-state index is 0.628. The molecule has 96 valence electrons. The number of aryl methyl sites for hydroxylation is 1. The molecule has 1 aromatic rings. The molecule has 1 fully saturated rings. The zero-order chi connectivity index (χ0) is 12.3. The second kappa shape index (κ2) is 5.94. The van der Waals surface area contributed by atoms with Gasteiger partial charge in [0.1, 0.15) is 0 Å². The molecule has 0 aliphatic heterocycles. The standard InChI is InChI=1S/C13H23N3S/c1-10(6-7-14-12-4-5-12)16(3)8-13-11(2)15-9-17-13/h9-10,12,14H,4-8H2,1-3H3. The van der Waals surface area contributed by atoms with Gasteiger partial charge in [0, 0.05) is 23.5 Å². The van der Waals surface area contributed by atoms with Crippen molar-refractivity contribution in [2.24, 2.45) is 0 Å². The van der Waals surface area contributed by atoms with Crippen molar-refractivity contribution in [3.63, 3.8) is 0 Å². The van der Waals surface area contributed by atoms with E-state index in [2.05, 4.69) is 36.1 Å². The first-order valence-corrected chi connectivity index (χ1v) is 7.37. The van der Waals surface area contributed by atoms with Gasteiger partial charge in [0.05, 0.1) is 11.2 Å². The molecule has 0 spiro atoms. The zero-order valence-electron chi connectivity index (χ0n) is 11.1. The van der Waals surface area contributed by atoms with Crippen LogP contribution < -0.4 is 5.32 Å². The van der Waals surface area contributed by atoms with Crippen molar-refractivity contribution in [3.8, 4) is 0 Å². The van der Waals surface area contributed by atoms with Gasteiger partial charge in [-0.05, 0) is 46.7 Å². The van der Waals surface area contributed by atoms with Crippen LogP contribution in [0.2, 0.25) is 0 Å². The third-order valence-corrected chi connectivity index (χ3v) is 4.48. The molecule has 1 aliphatic rings. The normalized spacial score (nSPS) is 17.6. The molecule has 1 heterocycles. The third kappa shape index (κ3) is 4.05. The minimum Gasteiger partial charge on any atom is -0.314 e. The zero-order valence-corrected chi connectivity index (χ0v) is 11.9. The molecule has 0 amide bonds. The molecule has 1 unspecified atom stereocenters. The fourth-order valence-corrected chi connectivity index (χ4v) is 2.70. The number of nitrogens with zero attached hydrogens (tertiary/aromatic N) is 2. The van der Waals surface area contributed by atoms with Crippen LogP contribution in [0.15, 0.2) is 5.51 Å². The van der Waals surface area contributed by atoms with Crippen LogP contribution >= 0.6 is 11.3 Å². The number of thiazole rings is 1. The van der Waals surface area contributed by atoms with Gasteiger partial charge >= 0.3 is 0 Å². The van der Waals surface area contributed by atoms with Crippen molar-refractivity contribution >= 4 is 11.3 Å². The summed E-state index contributed by atoms with van der Waals surface area (Å²) in [4.78, 5) is 8.13. The van der Waals surface area contributed by atoms with Gasteiger partial charge in [-0.1, -0.05) is 0 Å². The number of nitrogens with one attached hydrogen (secondary N) is 1. The molecule has 0 bridgehead atoms. The van der Waals surface area contributed by atoms with Crippen molar-refractivity contribution in [1.82, 2.24) is 15.2 Å². The summed E-state index contributed by atoms with van der Waals surface area (Å²) in [6, 6.07) is 1.46. The number of rotatable bonds is 7. The summed E-state index contributed by atoms with van der Waals surface area (Å²) in [5, 5.41) is 3.58. The molecule has 0 radical (unpaired) electrons. The van der Waals surface area contributed by atoms with E-state index in [-0.39, 0.29) is 0 Å². The summed E-state index contributed by atoms with van der Waals surface area (Å²) in [6.45, 7) is 6.59. The van der Waals surface area contributed by atoms with Crippen molar-refractivity contribution in [3.05, 3.63) is 16.1 Å². The highest BCUT2D eigenvalue weighted by Crippen LogP contribution is 2.19. The second-order valence-corrected chi connectivity index (χ2v) is 6.08. The van der Waals surface area contributed by atoms with Crippen LogP contribution in [0.3, 0.4) is 0 Å². The molecule has 1 aliphatic carbocycles. The fourth-order valence-electron chi connectivity index (χ4n) is 1.86. The van der Waals surface area contributed by atoms with Crippen molar-refractivity contribution in [1.29, 1.82) is 0 Å². The van der Waals surface area contributed by atoms with Crippen LogP contribution in [-0.2, 0) is 6.54 Å². The van der Waals surface area contributed by atoms with Crippen molar-refractivity contribution in [2.75, 3.05) is 13.6 Å². The molecular weight excluding hydrogens is 230 g/mol. The first-order valence-electron chi connectivity index (χ1n) is 6.49. The minimum atomic E-state index is 0.628. The molecule has 0 saturated heterocycles. The van der Waals surface area contributed by atoms with Gasteiger partial charge in [-0.3, -0.25) is 4.90 Å². The average Bonchev–Trinajstić information content (AvgIpc) is 3.04. The van der Waals surface area contributed by atoms with Gasteiger partial charge in [0.15, 0.2) is 0 Å².